The molecule has 2 aromatic rings. The second kappa shape index (κ2) is 8.77. The summed E-state index contributed by atoms with van der Waals surface area (Å²) in [5, 5.41) is 11.2. The number of ketones is 1. The number of carbonyl (C=O) groups excluding carboxylic acids is 2. The molecule has 1 atom stereocenters. The van der Waals surface area contributed by atoms with Gasteiger partial charge in [-0.1, -0.05) is 6.07 Å². The lowest BCUT2D eigenvalue weighted by atomic mass is 9.96. The van der Waals surface area contributed by atoms with Gasteiger partial charge in [0, 0.05) is 45.3 Å². The van der Waals surface area contributed by atoms with Crippen molar-refractivity contribution in [3.8, 4) is 5.75 Å². The van der Waals surface area contributed by atoms with Crippen LogP contribution in [0.1, 0.15) is 23.6 Å². The fourth-order valence-corrected chi connectivity index (χ4v) is 4.03. The number of pyridine rings is 1. The van der Waals surface area contributed by atoms with Crippen LogP contribution in [0.25, 0.3) is 5.76 Å². The Bertz CT molecular complexity index is 1020. The summed E-state index contributed by atoms with van der Waals surface area (Å²) in [6.45, 7) is 2.09. The first kappa shape index (κ1) is 20.9. The molecule has 4 rings (SSSR count). The lowest BCUT2D eigenvalue weighted by Gasteiger charge is -2.28. The molecule has 3 heterocycles. The zero-order valence-electron chi connectivity index (χ0n) is 17.6. The molecule has 1 N–H and O–H groups in total. The van der Waals surface area contributed by atoms with Gasteiger partial charge in [0.15, 0.2) is 0 Å². The van der Waals surface area contributed by atoms with Gasteiger partial charge in [0.05, 0.1) is 23.8 Å². The first-order valence-electron chi connectivity index (χ1n) is 10.2. The smallest absolute Gasteiger partial charge is 0.295 e. The zero-order valence-corrected chi connectivity index (χ0v) is 17.6. The van der Waals surface area contributed by atoms with E-state index < -0.39 is 17.7 Å². The van der Waals surface area contributed by atoms with Crippen LogP contribution in [0.5, 0.6) is 5.75 Å². The van der Waals surface area contributed by atoms with E-state index in [0.29, 0.717) is 43.1 Å². The summed E-state index contributed by atoms with van der Waals surface area (Å²) in [5.74, 6) is -0.826. The first-order valence-corrected chi connectivity index (χ1v) is 10.2. The molecular formula is C23H25N3O5. The number of methoxy groups -OCH3 is 1. The Hall–Kier alpha value is -3.39. The second-order valence-electron chi connectivity index (χ2n) is 7.58. The molecule has 0 spiro atoms. The summed E-state index contributed by atoms with van der Waals surface area (Å²) in [6.07, 6.45) is 3.81. The predicted molar refractivity (Wildman–Crippen MR) is 115 cm³/mol. The number of anilines is 1. The molecule has 8 heteroatoms. The van der Waals surface area contributed by atoms with Crippen molar-refractivity contribution >= 4 is 23.1 Å². The van der Waals surface area contributed by atoms with Crippen molar-refractivity contribution in [2.75, 3.05) is 45.4 Å². The molecule has 0 saturated carbocycles. The van der Waals surface area contributed by atoms with E-state index in [4.69, 9.17) is 9.47 Å². The molecular weight excluding hydrogens is 398 g/mol. The maximum Gasteiger partial charge on any atom is 0.295 e. The van der Waals surface area contributed by atoms with Crippen LogP contribution < -0.4 is 9.64 Å². The van der Waals surface area contributed by atoms with E-state index >= 15 is 0 Å². The molecule has 2 aliphatic rings. The molecule has 8 nitrogen and oxygen atoms in total. The summed E-state index contributed by atoms with van der Waals surface area (Å²) >= 11 is 0. The third kappa shape index (κ3) is 3.86. The van der Waals surface area contributed by atoms with E-state index in [1.54, 1.807) is 49.8 Å². The minimum Gasteiger partial charge on any atom is -0.507 e. The van der Waals surface area contributed by atoms with Crippen LogP contribution in [0, 0.1) is 0 Å². The quantitative estimate of drug-likeness (QED) is 0.330. The molecule has 162 valence electrons. The number of nitrogens with zero attached hydrogens (tertiary/aromatic N) is 3. The van der Waals surface area contributed by atoms with Crippen molar-refractivity contribution < 1.29 is 24.2 Å². The standard InChI is InChI=1S/C23H25N3O5/c1-25-10-12-31-18-7-6-15(13-17(18)25)21(27)19-20(16-5-3-8-24-14-16)26(9-4-11-30-2)23(29)22(19)28/h3,5-8,13-14,20,27H,4,9-12H2,1-2H3/b21-19-. The Labute approximate surface area is 180 Å². The number of amides is 1. The van der Waals surface area contributed by atoms with E-state index in [1.807, 2.05) is 11.9 Å². The van der Waals surface area contributed by atoms with Crippen LogP contribution in [0.3, 0.4) is 0 Å². The third-order valence-electron chi connectivity index (χ3n) is 5.62. The Balaban J connectivity index is 1.80. The molecule has 1 unspecified atom stereocenters. The van der Waals surface area contributed by atoms with Gasteiger partial charge in [-0.05, 0) is 36.2 Å². The summed E-state index contributed by atoms with van der Waals surface area (Å²) in [7, 11) is 3.53. The Morgan fingerprint density at radius 2 is 2.16 bits per heavy atom. The monoisotopic (exact) mass is 423 g/mol. The van der Waals surface area contributed by atoms with Gasteiger partial charge in [-0.25, -0.2) is 0 Å². The van der Waals surface area contributed by atoms with Crippen molar-refractivity contribution in [3.05, 3.63) is 59.4 Å². The number of hydrogen-bond acceptors (Lipinski definition) is 7. The highest BCUT2D eigenvalue weighted by atomic mass is 16.5. The number of likely N-dealkylation sites (tertiary alicyclic amines) is 1. The van der Waals surface area contributed by atoms with Crippen LogP contribution in [0.4, 0.5) is 5.69 Å². The number of Topliss-reactive ketones (excluding diaryl/α,β-unsaturated/α-hetero) is 1. The number of hydrogen-bond donors (Lipinski definition) is 1. The highest BCUT2D eigenvalue weighted by molar-refractivity contribution is 6.46. The number of aliphatic hydroxyl groups is 1. The predicted octanol–water partition coefficient (Wildman–Crippen LogP) is 2.37. The Kier molecular flexibility index (Phi) is 5.90. The summed E-state index contributed by atoms with van der Waals surface area (Å²) < 4.78 is 10.8. The number of ether oxygens (including phenoxy) is 2. The van der Waals surface area contributed by atoms with E-state index in [1.165, 1.54) is 4.90 Å². The van der Waals surface area contributed by atoms with Crippen molar-refractivity contribution in [2.24, 2.45) is 0 Å². The van der Waals surface area contributed by atoms with Crippen molar-refractivity contribution in [2.45, 2.75) is 12.5 Å². The van der Waals surface area contributed by atoms with E-state index in [-0.39, 0.29) is 11.3 Å². The lowest BCUT2D eigenvalue weighted by molar-refractivity contribution is -0.140. The van der Waals surface area contributed by atoms with Crippen LogP contribution in [0.15, 0.2) is 48.3 Å². The number of likely N-dealkylation sites (N-methyl/N-ethyl adjacent to an activating group) is 1. The lowest BCUT2D eigenvalue weighted by Crippen LogP contribution is -2.31. The first-order chi connectivity index (χ1) is 15.0. The third-order valence-corrected chi connectivity index (χ3v) is 5.62. The SMILES string of the molecule is COCCCN1C(=O)C(=O)/C(=C(\O)c2ccc3c(c2)N(C)CCO3)C1c1cccnc1. The molecule has 1 saturated heterocycles. The van der Waals surface area contributed by atoms with Crippen molar-refractivity contribution in [3.63, 3.8) is 0 Å². The van der Waals surface area contributed by atoms with E-state index in [2.05, 4.69) is 4.98 Å². The van der Waals surface area contributed by atoms with Gasteiger partial charge in [-0.2, -0.15) is 0 Å². The van der Waals surface area contributed by atoms with Gasteiger partial charge in [0.2, 0.25) is 0 Å². The number of aromatic nitrogens is 1. The van der Waals surface area contributed by atoms with Crippen LogP contribution in [0.2, 0.25) is 0 Å². The van der Waals surface area contributed by atoms with Gasteiger partial charge in [0.1, 0.15) is 18.1 Å². The fourth-order valence-electron chi connectivity index (χ4n) is 4.03. The number of carbonyl (C=O) groups is 2. The van der Waals surface area contributed by atoms with Gasteiger partial charge in [0.25, 0.3) is 11.7 Å². The van der Waals surface area contributed by atoms with Crippen LogP contribution in [-0.4, -0.2) is 67.1 Å². The van der Waals surface area contributed by atoms with Crippen molar-refractivity contribution in [1.82, 2.24) is 9.88 Å². The zero-order chi connectivity index (χ0) is 22.0. The number of fused-ring (bicyclic) bond motifs is 1. The second-order valence-corrected chi connectivity index (χ2v) is 7.58. The highest BCUT2D eigenvalue weighted by Crippen LogP contribution is 2.40. The molecule has 0 radical (unpaired) electrons. The molecule has 0 bridgehead atoms. The topological polar surface area (TPSA) is 92.2 Å². The number of aliphatic hydroxyl groups excluding tert-OH is 1. The number of rotatable bonds is 6. The molecule has 1 fully saturated rings. The minimum atomic E-state index is -0.712. The maximum absolute atomic E-state index is 13.0. The summed E-state index contributed by atoms with van der Waals surface area (Å²) in [4.78, 5) is 33.5. The molecule has 1 aromatic heterocycles. The van der Waals surface area contributed by atoms with Crippen LogP contribution in [-0.2, 0) is 14.3 Å². The molecule has 0 aliphatic carbocycles. The number of benzene rings is 1. The van der Waals surface area contributed by atoms with Gasteiger partial charge in [-0.15, -0.1) is 0 Å². The Morgan fingerprint density at radius 1 is 1.32 bits per heavy atom. The van der Waals surface area contributed by atoms with Crippen molar-refractivity contribution in [1.29, 1.82) is 0 Å². The summed E-state index contributed by atoms with van der Waals surface area (Å²) in [5.41, 5.74) is 2.01. The molecule has 31 heavy (non-hydrogen) atoms. The average Bonchev–Trinajstić information content (AvgIpc) is 3.04. The highest BCUT2D eigenvalue weighted by Gasteiger charge is 2.46. The molecule has 1 aromatic carbocycles. The van der Waals surface area contributed by atoms with E-state index in [9.17, 15) is 14.7 Å². The van der Waals surface area contributed by atoms with Gasteiger partial charge >= 0.3 is 0 Å². The van der Waals surface area contributed by atoms with Crippen LogP contribution >= 0.6 is 0 Å². The minimum absolute atomic E-state index is 0.0646. The molecule has 2 aliphatic heterocycles. The fraction of sp³-hybridized carbons (Fsp3) is 0.348. The van der Waals surface area contributed by atoms with Gasteiger partial charge < -0.3 is 24.4 Å². The Morgan fingerprint density at radius 3 is 2.90 bits per heavy atom. The summed E-state index contributed by atoms with van der Waals surface area (Å²) in [6, 6.07) is 8.09. The normalized spacial score (nSPS) is 20.0. The average molecular weight is 423 g/mol. The molecule has 1 amide bonds. The largest absolute Gasteiger partial charge is 0.507 e. The maximum atomic E-state index is 13.0. The van der Waals surface area contributed by atoms with Gasteiger partial charge in [-0.3, -0.25) is 14.6 Å². The van der Waals surface area contributed by atoms with E-state index in [0.717, 1.165) is 12.2 Å².